The van der Waals surface area contributed by atoms with Crippen molar-refractivity contribution in [1.82, 2.24) is 4.98 Å². The van der Waals surface area contributed by atoms with Gasteiger partial charge in [-0.15, -0.1) is 11.3 Å². The van der Waals surface area contributed by atoms with Crippen molar-refractivity contribution >= 4 is 38.1 Å². The van der Waals surface area contributed by atoms with Gasteiger partial charge in [-0.1, -0.05) is 12.1 Å². The number of anilines is 1. The Hall–Kier alpha value is -1.47. The third-order valence-corrected chi connectivity index (χ3v) is 3.58. The summed E-state index contributed by atoms with van der Waals surface area (Å²) in [4.78, 5) is 14.3. The smallest absolute Gasteiger partial charge is 0.269 e. The number of nitrogens with one attached hydrogen (secondary N) is 1. The van der Waals surface area contributed by atoms with Crippen LogP contribution < -0.4 is 5.32 Å². The molecule has 0 fully saturated rings. The van der Waals surface area contributed by atoms with E-state index in [9.17, 15) is 10.1 Å². The zero-order valence-electron chi connectivity index (χ0n) is 8.59. The Kier molecular flexibility index (Phi) is 3.70. The minimum absolute atomic E-state index is 0.103. The van der Waals surface area contributed by atoms with Crippen LogP contribution in [0.1, 0.15) is 5.56 Å². The number of nitro groups is 1. The van der Waals surface area contributed by atoms with Crippen LogP contribution in [0.25, 0.3) is 0 Å². The van der Waals surface area contributed by atoms with Crippen LogP contribution in [-0.4, -0.2) is 9.91 Å². The summed E-state index contributed by atoms with van der Waals surface area (Å²) in [6.07, 6.45) is 0. The van der Waals surface area contributed by atoms with Crippen LogP contribution in [0, 0.1) is 10.1 Å². The highest BCUT2D eigenvalue weighted by molar-refractivity contribution is 9.10. The lowest BCUT2D eigenvalue weighted by Crippen LogP contribution is -1.99. The molecule has 1 aromatic heterocycles. The van der Waals surface area contributed by atoms with E-state index in [1.54, 1.807) is 12.1 Å². The van der Waals surface area contributed by atoms with Crippen molar-refractivity contribution in [3.8, 4) is 0 Å². The minimum atomic E-state index is -0.408. The zero-order chi connectivity index (χ0) is 12.3. The molecule has 1 heterocycles. The summed E-state index contributed by atoms with van der Waals surface area (Å²) in [6, 6.07) is 6.45. The monoisotopic (exact) mass is 313 g/mol. The number of hydrogen-bond donors (Lipinski definition) is 1. The molecule has 1 N–H and O–H groups in total. The molecule has 0 aliphatic rings. The van der Waals surface area contributed by atoms with Crippen molar-refractivity contribution in [2.45, 2.75) is 6.54 Å². The highest BCUT2D eigenvalue weighted by Crippen LogP contribution is 2.20. The molecule has 0 saturated carbocycles. The van der Waals surface area contributed by atoms with E-state index in [2.05, 4.69) is 26.2 Å². The number of halogens is 1. The molecule has 2 rings (SSSR count). The highest BCUT2D eigenvalue weighted by atomic mass is 79.9. The van der Waals surface area contributed by atoms with Gasteiger partial charge < -0.3 is 5.32 Å². The molecule has 0 radical (unpaired) electrons. The second-order valence-corrected chi connectivity index (χ2v) is 4.92. The van der Waals surface area contributed by atoms with Crippen LogP contribution >= 0.6 is 27.3 Å². The van der Waals surface area contributed by atoms with E-state index in [1.807, 2.05) is 5.38 Å². The largest absolute Gasteiger partial charge is 0.357 e. The molecule has 0 unspecified atom stereocenters. The van der Waals surface area contributed by atoms with E-state index in [4.69, 9.17) is 0 Å². The van der Waals surface area contributed by atoms with Gasteiger partial charge in [-0.25, -0.2) is 4.98 Å². The first-order chi connectivity index (χ1) is 8.15. The van der Waals surface area contributed by atoms with Crippen molar-refractivity contribution in [3.63, 3.8) is 0 Å². The van der Waals surface area contributed by atoms with Crippen molar-refractivity contribution in [2.24, 2.45) is 0 Å². The Bertz CT molecular complexity index is 527. The van der Waals surface area contributed by atoms with Crippen molar-refractivity contribution < 1.29 is 4.92 Å². The maximum Gasteiger partial charge on any atom is 0.269 e. The third kappa shape index (κ3) is 3.24. The molecule has 2 aromatic rings. The van der Waals surface area contributed by atoms with Gasteiger partial charge >= 0.3 is 0 Å². The predicted molar refractivity (Wildman–Crippen MR) is 70.2 cm³/mol. The fraction of sp³-hybridized carbons (Fsp3) is 0.100. The number of rotatable bonds is 4. The summed E-state index contributed by atoms with van der Waals surface area (Å²) in [7, 11) is 0. The fourth-order valence-corrected chi connectivity index (χ4v) is 2.39. The molecule has 17 heavy (non-hydrogen) atoms. The van der Waals surface area contributed by atoms with E-state index in [1.165, 1.54) is 23.5 Å². The van der Waals surface area contributed by atoms with Crippen LogP contribution in [0.2, 0.25) is 0 Å². The Labute approximate surface area is 110 Å². The highest BCUT2D eigenvalue weighted by Gasteiger charge is 2.04. The lowest BCUT2D eigenvalue weighted by Gasteiger charge is -2.02. The van der Waals surface area contributed by atoms with Crippen molar-refractivity contribution in [1.29, 1.82) is 0 Å². The number of non-ortho nitro benzene ring substituents is 1. The fourth-order valence-electron chi connectivity index (χ4n) is 1.25. The summed E-state index contributed by atoms with van der Waals surface area (Å²) >= 11 is 4.77. The number of nitrogens with zero attached hydrogens (tertiary/aromatic N) is 2. The number of aromatic nitrogens is 1. The summed E-state index contributed by atoms with van der Waals surface area (Å²) < 4.78 is 0.800. The van der Waals surface area contributed by atoms with Gasteiger partial charge in [0.15, 0.2) is 5.13 Å². The van der Waals surface area contributed by atoms with Crippen LogP contribution in [-0.2, 0) is 6.54 Å². The van der Waals surface area contributed by atoms with Gasteiger partial charge in [0.25, 0.3) is 5.69 Å². The average Bonchev–Trinajstić information content (AvgIpc) is 2.73. The normalized spacial score (nSPS) is 10.2. The van der Waals surface area contributed by atoms with Crippen LogP contribution in [0.5, 0.6) is 0 Å². The molecular weight excluding hydrogens is 306 g/mol. The standard InChI is InChI=1S/C10H8BrN3O2S/c11-9-6-17-10(13-9)12-5-7-1-3-8(4-2-7)14(15)16/h1-4,6H,5H2,(H,12,13). The van der Waals surface area contributed by atoms with Gasteiger partial charge in [0.2, 0.25) is 0 Å². The molecule has 5 nitrogen and oxygen atoms in total. The van der Waals surface area contributed by atoms with Gasteiger partial charge in [-0.05, 0) is 21.5 Å². The molecule has 0 spiro atoms. The maximum absolute atomic E-state index is 10.5. The Morgan fingerprint density at radius 3 is 2.65 bits per heavy atom. The summed E-state index contributed by atoms with van der Waals surface area (Å²) in [5, 5.41) is 16.3. The number of benzene rings is 1. The zero-order valence-corrected chi connectivity index (χ0v) is 11.0. The van der Waals surface area contributed by atoms with Gasteiger partial charge in [0.05, 0.1) is 4.92 Å². The Balaban J connectivity index is 1.97. The minimum Gasteiger partial charge on any atom is -0.357 e. The van der Waals surface area contributed by atoms with Gasteiger partial charge in [0, 0.05) is 24.1 Å². The maximum atomic E-state index is 10.5. The van der Waals surface area contributed by atoms with Gasteiger partial charge in [0.1, 0.15) is 4.60 Å². The molecule has 0 atom stereocenters. The van der Waals surface area contributed by atoms with Crippen LogP contribution in [0.4, 0.5) is 10.8 Å². The number of nitro benzene ring substituents is 1. The molecule has 0 aliphatic heterocycles. The molecule has 0 aliphatic carbocycles. The first-order valence-corrected chi connectivity index (χ1v) is 6.40. The SMILES string of the molecule is O=[N+]([O-])c1ccc(CNc2nc(Br)cs2)cc1. The van der Waals surface area contributed by atoms with E-state index in [-0.39, 0.29) is 5.69 Å². The van der Waals surface area contributed by atoms with E-state index in [0.29, 0.717) is 6.54 Å². The molecule has 1 aromatic carbocycles. The van der Waals surface area contributed by atoms with E-state index < -0.39 is 4.92 Å². The van der Waals surface area contributed by atoms with Crippen molar-refractivity contribution in [2.75, 3.05) is 5.32 Å². The van der Waals surface area contributed by atoms with Crippen LogP contribution in [0.3, 0.4) is 0 Å². The predicted octanol–water partition coefficient (Wildman–Crippen LogP) is 3.43. The van der Waals surface area contributed by atoms with Crippen LogP contribution in [0.15, 0.2) is 34.2 Å². The van der Waals surface area contributed by atoms with Gasteiger partial charge in [-0.3, -0.25) is 10.1 Å². The first kappa shape index (κ1) is 12.0. The summed E-state index contributed by atoms with van der Waals surface area (Å²) in [5.74, 6) is 0. The Morgan fingerprint density at radius 2 is 2.12 bits per heavy atom. The molecular formula is C10H8BrN3O2S. The number of thiazole rings is 1. The van der Waals surface area contributed by atoms with E-state index in [0.717, 1.165) is 15.3 Å². The average molecular weight is 314 g/mol. The lowest BCUT2D eigenvalue weighted by molar-refractivity contribution is -0.384. The molecule has 7 heteroatoms. The quantitative estimate of drug-likeness (QED) is 0.693. The summed E-state index contributed by atoms with van der Waals surface area (Å²) in [6.45, 7) is 0.595. The molecule has 88 valence electrons. The second kappa shape index (κ2) is 5.24. The van der Waals surface area contributed by atoms with Gasteiger partial charge in [-0.2, -0.15) is 0 Å². The Morgan fingerprint density at radius 1 is 1.41 bits per heavy atom. The third-order valence-electron chi connectivity index (χ3n) is 2.07. The molecule has 0 amide bonds. The molecule has 0 saturated heterocycles. The first-order valence-electron chi connectivity index (χ1n) is 4.73. The second-order valence-electron chi connectivity index (χ2n) is 3.25. The topological polar surface area (TPSA) is 68.1 Å². The summed E-state index contributed by atoms with van der Waals surface area (Å²) in [5.41, 5.74) is 1.08. The van der Waals surface area contributed by atoms with E-state index >= 15 is 0 Å². The molecule has 0 bridgehead atoms. The van der Waals surface area contributed by atoms with Crippen molar-refractivity contribution in [3.05, 3.63) is 49.9 Å². The number of hydrogen-bond acceptors (Lipinski definition) is 5. The lowest BCUT2D eigenvalue weighted by atomic mass is 10.2.